The second-order valence-corrected chi connectivity index (χ2v) is 1.60. The second-order valence-electron chi connectivity index (χ2n) is 1.60. The first-order valence-electron chi connectivity index (χ1n) is 2.45. The zero-order chi connectivity index (χ0) is 5.11. The van der Waals surface area contributed by atoms with E-state index in [-0.39, 0.29) is 0 Å². The van der Waals surface area contributed by atoms with Crippen LogP contribution in [-0.4, -0.2) is 26.3 Å². The van der Waals surface area contributed by atoms with Crippen molar-refractivity contribution < 1.29 is 9.78 Å². The van der Waals surface area contributed by atoms with Crippen molar-refractivity contribution in [2.75, 3.05) is 26.3 Å². The maximum atomic E-state index is 10.3. The van der Waals surface area contributed by atoms with Gasteiger partial charge in [-0.2, -0.15) is 0 Å². The van der Waals surface area contributed by atoms with Crippen molar-refractivity contribution in [3.8, 4) is 0 Å². The Morgan fingerprint density at radius 1 is 1.29 bits per heavy atom. The molecule has 7 heavy (non-hydrogen) atoms. The number of rotatable bonds is 0. The van der Waals surface area contributed by atoms with Crippen LogP contribution in [0.15, 0.2) is 0 Å². The predicted molar refractivity (Wildman–Crippen MR) is 23.7 cm³/mol. The van der Waals surface area contributed by atoms with Crippen molar-refractivity contribution in [3.63, 3.8) is 0 Å². The summed E-state index contributed by atoms with van der Waals surface area (Å²) in [6.07, 6.45) is 0. The first kappa shape index (κ1) is 5.03. The molecule has 1 aliphatic rings. The highest BCUT2D eigenvalue weighted by Gasteiger charge is 2.04. The molecule has 1 aliphatic heterocycles. The van der Waals surface area contributed by atoms with E-state index in [1.54, 1.807) is 4.52 Å². The summed E-state index contributed by atoms with van der Waals surface area (Å²) in [5.74, 6) is 0. The highest BCUT2D eigenvalue weighted by Crippen LogP contribution is 1.85. The Labute approximate surface area is 42.5 Å². The Morgan fingerprint density at radius 3 is 2.14 bits per heavy atom. The summed E-state index contributed by atoms with van der Waals surface area (Å²) in [7, 11) is 0. The van der Waals surface area contributed by atoms with Gasteiger partial charge >= 0.3 is 0 Å². The Bertz CT molecular complexity index is 51.7. The lowest BCUT2D eigenvalue weighted by atomic mass is 10.5. The summed E-state index contributed by atoms with van der Waals surface area (Å²) < 4.78 is 1.76. The van der Waals surface area contributed by atoms with Crippen LogP contribution >= 0.6 is 0 Å². The fourth-order valence-electron chi connectivity index (χ4n) is 0.599. The molecule has 1 N–H and O–H groups in total. The predicted octanol–water partition coefficient (Wildman–Crippen LogP) is -1.58. The van der Waals surface area contributed by atoms with Gasteiger partial charge in [0.05, 0.1) is 13.1 Å². The van der Waals surface area contributed by atoms with Gasteiger partial charge in [0.2, 0.25) is 0 Å². The molecule has 0 amide bonds. The van der Waals surface area contributed by atoms with E-state index in [2.05, 4.69) is 5.32 Å². The third-order valence-corrected chi connectivity index (χ3v) is 1.01. The van der Waals surface area contributed by atoms with Crippen LogP contribution in [0.25, 0.3) is 0 Å². The molecule has 0 bridgehead atoms. The molecule has 0 atom stereocenters. The molecule has 0 spiro atoms. The minimum absolute atomic E-state index is 0.569. The van der Waals surface area contributed by atoms with Crippen molar-refractivity contribution in [2.45, 2.75) is 0 Å². The lowest BCUT2D eigenvalue weighted by molar-refractivity contribution is -0.795. The highest BCUT2D eigenvalue weighted by atomic mass is 17.2. The average molecular weight is 103 g/mol. The van der Waals surface area contributed by atoms with Gasteiger partial charge in [-0.25, -0.2) is 0 Å². The van der Waals surface area contributed by atoms with Crippen molar-refractivity contribution >= 4 is 0 Å². The standard InChI is InChI=1S/C4H9NO2/c6-7-3-1-5-2-4-7/h5H,1-4H2. The maximum Gasteiger partial charge on any atom is 0.164 e. The molecule has 0 aliphatic carbocycles. The molecule has 0 aromatic carbocycles. The van der Waals surface area contributed by atoms with E-state index in [4.69, 9.17) is 0 Å². The minimum Gasteiger partial charge on any atom is -0.534 e. The summed E-state index contributed by atoms with van der Waals surface area (Å²) in [4.78, 5) is 0. The van der Waals surface area contributed by atoms with Crippen molar-refractivity contribution in [3.05, 3.63) is 0 Å². The maximum absolute atomic E-state index is 10.3. The number of hydrogen-bond acceptors (Lipinski definition) is 2. The molecule has 3 heteroatoms. The zero-order valence-electron chi connectivity index (χ0n) is 4.14. The van der Waals surface area contributed by atoms with Crippen molar-refractivity contribution in [1.82, 2.24) is 5.32 Å². The van der Waals surface area contributed by atoms with Crippen LogP contribution < -0.4 is 10.6 Å². The van der Waals surface area contributed by atoms with Gasteiger partial charge < -0.3 is 15.1 Å². The molecular weight excluding hydrogens is 94.0 g/mol. The van der Waals surface area contributed by atoms with E-state index in [1.807, 2.05) is 0 Å². The van der Waals surface area contributed by atoms with Crippen LogP contribution in [0.4, 0.5) is 0 Å². The molecule has 0 unspecified atom stereocenters. The molecule has 1 heterocycles. The number of morpholine rings is 1. The van der Waals surface area contributed by atoms with E-state index < -0.39 is 0 Å². The molecule has 42 valence electrons. The third-order valence-electron chi connectivity index (χ3n) is 1.01. The summed E-state index contributed by atoms with van der Waals surface area (Å²) in [6.45, 7) is 2.77. The van der Waals surface area contributed by atoms with Gasteiger partial charge in [-0.15, -0.1) is 0 Å². The molecule has 0 radical (unpaired) electrons. The van der Waals surface area contributed by atoms with Crippen molar-refractivity contribution in [1.29, 1.82) is 0 Å². The second kappa shape index (κ2) is 2.26. The molecule has 1 rings (SSSR count). The van der Waals surface area contributed by atoms with E-state index in [0.717, 1.165) is 13.1 Å². The van der Waals surface area contributed by atoms with Crippen LogP contribution in [-0.2, 0) is 4.52 Å². The van der Waals surface area contributed by atoms with Crippen LogP contribution in [0.1, 0.15) is 0 Å². The number of hydrogen-bond donors (Lipinski definition) is 1. The van der Waals surface area contributed by atoms with Gasteiger partial charge in [-0.05, 0) is 0 Å². The van der Waals surface area contributed by atoms with E-state index in [9.17, 15) is 5.26 Å². The fraction of sp³-hybridized carbons (Fsp3) is 1.00. The van der Waals surface area contributed by atoms with Gasteiger partial charge in [-0.3, -0.25) is 0 Å². The molecule has 1 saturated heterocycles. The summed E-state index contributed by atoms with van der Waals surface area (Å²) in [6, 6.07) is 0. The van der Waals surface area contributed by atoms with Gasteiger partial charge in [0.25, 0.3) is 0 Å². The molecular formula is C4H9NO2. The molecule has 0 aromatic heterocycles. The van der Waals surface area contributed by atoms with Crippen LogP contribution in [0, 0.1) is 0 Å². The average Bonchev–Trinajstić information content (AvgIpc) is 1.69. The first-order chi connectivity index (χ1) is 3.39. The normalized spacial score (nSPS) is 25.3. The highest BCUT2D eigenvalue weighted by molar-refractivity contribution is 4.51. The topological polar surface area (TPSA) is 37.8 Å². The van der Waals surface area contributed by atoms with Crippen LogP contribution in [0.2, 0.25) is 0 Å². The number of nitrogens with one attached hydrogen (secondary N) is 1. The third kappa shape index (κ3) is 1.43. The molecule has 0 saturated carbocycles. The minimum atomic E-state index is 0.569. The monoisotopic (exact) mass is 103 g/mol. The quantitative estimate of drug-likeness (QED) is 0.297. The van der Waals surface area contributed by atoms with Gasteiger partial charge in [0, 0.05) is 0 Å². The smallest absolute Gasteiger partial charge is 0.164 e. The molecule has 0 aromatic rings. The lowest BCUT2D eigenvalue weighted by Gasteiger charge is -2.24. The lowest BCUT2D eigenvalue weighted by Crippen LogP contribution is -2.43. The SMILES string of the molecule is [O-][O+]1CCNCC1. The largest absolute Gasteiger partial charge is 0.534 e. The van der Waals surface area contributed by atoms with E-state index in [1.165, 1.54) is 0 Å². The summed E-state index contributed by atoms with van der Waals surface area (Å²) in [5.41, 5.74) is 0. The summed E-state index contributed by atoms with van der Waals surface area (Å²) in [5, 5.41) is 13.3. The molecule has 3 nitrogen and oxygen atoms in total. The van der Waals surface area contributed by atoms with Gasteiger partial charge in [-0.1, -0.05) is 0 Å². The molecule has 1 fully saturated rings. The Morgan fingerprint density at radius 2 is 1.86 bits per heavy atom. The fourth-order valence-corrected chi connectivity index (χ4v) is 0.599. The summed E-state index contributed by atoms with van der Waals surface area (Å²) >= 11 is 0. The van der Waals surface area contributed by atoms with Crippen molar-refractivity contribution in [2.24, 2.45) is 0 Å². The Hall–Kier alpha value is -0.120. The zero-order valence-corrected chi connectivity index (χ0v) is 4.14. The van der Waals surface area contributed by atoms with Gasteiger partial charge in [0.1, 0.15) is 0 Å². The first-order valence-corrected chi connectivity index (χ1v) is 2.45. The van der Waals surface area contributed by atoms with Gasteiger partial charge in [0.15, 0.2) is 13.2 Å². The van der Waals surface area contributed by atoms with E-state index >= 15 is 0 Å². The Balaban J connectivity index is 2.12. The van der Waals surface area contributed by atoms with E-state index in [0.29, 0.717) is 13.2 Å². The van der Waals surface area contributed by atoms with Crippen LogP contribution in [0.3, 0.4) is 0 Å². The Kier molecular flexibility index (Phi) is 1.62. The van der Waals surface area contributed by atoms with Crippen LogP contribution in [0.5, 0.6) is 0 Å².